The molecule has 1 aromatic heterocycles. The molecule has 2 aliphatic heterocycles. The van der Waals surface area contributed by atoms with E-state index in [1.807, 2.05) is 19.9 Å². The van der Waals surface area contributed by atoms with Crippen LogP contribution in [-0.2, 0) is 39.2 Å². The van der Waals surface area contributed by atoms with Crippen molar-refractivity contribution in [2.24, 2.45) is 5.92 Å². The van der Waals surface area contributed by atoms with E-state index in [0.717, 1.165) is 10.1 Å². The minimum atomic E-state index is -4.11. The van der Waals surface area contributed by atoms with Crippen molar-refractivity contribution >= 4 is 41.9 Å². The van der Waals surface area contributed by atoms with E-state index in [1.54, 1.807) is 39.8 Å². The van der Waals surface area contributed by atoms with Gasteiger partial charge in [-0.1, -0.05) is 48.0 Å². The van der Waals surface area contributed by atoms with Crippen LogP contribution >= 0.6 is 23.8 Å². The molecule has 2 aromatic rings. The molecule has 5 atom stereocenters. The number of benzene rings is 1. The van der Waals surface area contributed by atoms with Crippen LogP contribution in [0, 0.1) is 12.8 Å². The highest BCUT2D eigenvalue weighted by Gasteiger charge is 2.44. The van der Waals surface area contributed by atoms with Crippen LogP contribution in [0.4, 0.5) is 4.79 Å². The summed E-state index contributed by atoms with van der Waals surface area (Å²) in [5.74, 6) is -0.379. The number of carbonyl (C=O) groups excluding carboxylic acids is 2. The van der Waals surface area contributed by atoms with Gasteiger partial charge in [0.2, 0.25) is 0 Å². The number of alkyl carbamates (subject to hydrolysis) is 1. The van der Waals surface area contributed by atoms with E-state index in [0.29, 0.717) is 11.3 Å². The quantitative estimate of drug-likeness (QED) is 0.247. The minimum absolute atomic E-state index is 0.00289. The smallest absolute Gasteiger partial charge is 0.458 e. The monoisotopic (exact) mass is 727 g/mol. The lowest BCUT2D eigenvalue weighted by molar-refractivity contribution is -0.156. The predicted octanol–water partition coefficient (Wildman–Crippen LogP) is 5.08. The van der Waals surface area contributed by atoms with E-state index >= 15 is 0 Å². The zero-order chi connectivity index (χ0) is 33.8. The van der Waals surface area contributed by atoms with E-state index in [4.69, 9.17) is 27.8 Å². The third-order valence-corrected chi connectivity index (χ3v) is 8.53. The van der Waals surface area contributed by atoms with Crippen molar-refractivity contribution in [2.45, 2.75) is 91.1 Å². The van der Waals surface area contributed by atoms with Crippen LogP contribution in [0.15, 0.2) is 39.0 Å². The van der Waals surface area contributed by atoms with E-state index in [2.05, 4.69) is 26.2 Å². The highest BCUT2D eigenvalue weighted by atomic mass is 79.9. The molecule has 3 heterocycles. The number of hydrogen-bond acceptors (Lipinski definition) is 11. The van der Waals surface area contributed by atoms with Crippen molar-refractivity contribution in [2.75, 3.05) is 6.61 Å². The maximum absolute atomic E-state index is 13.5. The number of phosphoric acid groups is 1. The molecule has 1 unspecified atom stereocenters. The molecule has 46 heavy (non-hydrogen) atoms. The zero-order valence-electron chi connectivity index (χ0n) is 26.4. The minimum Gasteiger partial charge on any atom is -0.458 e. The summed E-state index contributed by atoms with van der Waals surface area (Å²) < 4.78 is 48.7. The van der Waals surface area contributed by atoms with E-state index in [-0.39, 0.29) is 30.9 Å². The van der Waals surface area contributed by atoms with Gasteiger partial charge in [-0.05, 0) is 56.7 Å². The van der Waals surface area contributed by atoms with Crippen molar-refractivity contribution in [3.8, 4) is 5.75 Å². The van der Waals surface area contributed by atoms with Gasteiger partial charge in [-0.15, -0.1) is 0 Å². The van der Waals surface area contributed by atoms with Gasteiger partial charge in [0, 0.05) is 18.2 Å². The third kappa shape index (κ3) is 9.19. The summed E-state index contributed by atoms with van der Waals surface area (Å²) in [6.07, 6.45) is -0.935. The topological polar surface area (TPSA) is 173 Å². The molecular weight excluding hydrogens is 689 g/mol. The van der Waals surface area contributed by atoms with Crippen molar-refractivity contribution in [1.29, 1.82) is 0 Å². The van der Waals surface area contributed by atoms with Gasteiger partial charge in [-0.3, -0.25) is 23.4 Å². The highest BCUT2D eigenvalue weighted by molar-refractivity contribution is 9.11. The van der Waals surface area contributed by atoms with Crippen molar-refractivity contribution in [3.63, 3.8) is 0 Å². The Morgan fingerprint density at radius 3 is 2.67 bits per heavy atom. The number of phosphoric ester groups is 1. The van der Waals surface area contributed by atoms with Gasteiger partial charge in [0.05, 0.1) is 18.8 Å². The molecule has 1 saturated heterocycles. The second kappa shape index (κ2) is 14.7. The summed E-state index contributed by atoms with van der Waals surface area (Å²) in [5.41, 5.74) is -0.544. The molecule has 2 N–H and O–H groups in total. The SMILES string of the molecule is Cc1cccc2c1OP(=O)(OC[C@H]1O[C@@H](n3cc(/C=C/Br)c(=O)[nH]c3=O)C[C@@H]1OC(=O)[C@H](CC(C)C)NC(=O)OC(C)(C)C)OC2. The molecule has 252 valence electrons. The van der Waals surface area contributed by atoms with Crippen LogP contribution in [0.1, 0.15) is 70.4 Å². The first-order valence-corrected chi connectivity index (χ1v) is 17.1. The number of rotatable bonds is 10. The van der Waals surface area contributed by atoms with Crippen LogP contribution in [0.5, 0.6) is 5.75 Å². The Kier molecular flexibility index (Phi) is 11.4. The Morgan fingerprint density at radius 1 is 1.26 bits per heavy atom. The largest absolute Gasteiger partial charge is 0.530 e. The number of halogens is 1. The zero-order valence-corrected chi connectivity index (χ0v) is 28.9. The first-order valence-electron chi connectivity index (χ1n) is 14.7. The number of nitrogens with one attached hydrogen (secondary N) is 2. The summed E-state index contributed by atoms with van der Waals surface area (Å²) in [7, 11) is -4.11. The molecule has 4 rings (SSSR count). The number of fused-ring (bicyclic) bond motifs is 1. The average molecular weight is 729 g/mol. The number of H-pyrrole nitrogens is 1. The van der Waals surface area contributed by atoms with E-state index in [9.17, 15) is 23.7 Å². The Morgan fingerprint density at radius 2 is 2.00 bits per heavy atom. The fraction of sp³-hybridized carbons (Fsp3) is 0.533. The average Bonchev–Trinajstić information content (AvgIpc) is 3.34. The lowest BCUT2D eigenvalue weighted by atomic mass is 10.0. The molecule has 0 aliphatic carbocycles. The van der Waals surface area contributed by atoms with Crippen LogP contribution in [0.2, 0.25) is 0 Å². The highest BCUT2D eigenvalue weighted by Crippen LogP contribution is 2.55. The van der Waals surface area contributed by atoms with E-state index in [1.165, 1.54) is 17.3 Å². The van der Waals surface area contributed by atoms with Gasteiger partial charge in [0.25, 0.3) is 5.56 Å². The molecule has 1 aromatic carbocycles. The Hall–Kier alpha value is -3.23. The van der Waals surface area contributed by atoms with Crippen LogP contribution in [-0.4, -0.2) is 52.1 Å². The lowest BCUT2D eigenvalue weighted by Crippen LogP contribution is -2.46. The van der Waals surface area contributed by atoms with Crippen molar-refractivity contribution in [3.05, 3.63) is 66.9 Å². The normalized spacial score (nSPS) is 23.5. The molecule has 0 spiro atoms. The number of ether oxygens (including phenoxy) is 3. The molecule has 0 saturated carbocycles. The molecular formula is C30H39BrN3O11P. The lowest BCUT2D eigenvalue weighted by Gasteiger charge is -2.28. The number of aromatic nitrogens is 2. The molecule has 1 fully saturated rings. The number of hydrogen-bond donors (Lipinski definition) is 2. The fourth-order valence-corrected chi connectivity index (χ4v) is 6.46. The Labute approximate surface area is 274 Å². The molecule has 1 amide bonds. The van der Waals surface area contributed by atoms with Gasteiger partial charge in [0.1, 0.15) is 35.8 Å². The number of aryl methyl sites for hydroxylation is 1. The Bertz CT molecular complexity index is 1630. The number of aromatic amines is 1. The van der Waals surface area contributed by atoms with Gasteiger partial charge < -0.3 is 24.1 Å². The van der Waals surface area contributed by atoms with E-state index < -0.39 is 67.8 Å². The summed E-state index contributed by atoms with van der Waals surface area (Å²) in [6, 6.07) is 4.34. The summed E-state index contributed by atoms with van der Waals surface area (Å²) >= 11 is 3.12. The number of amides is 1. The molecule has 16 heteroatoms. The standard InChI is InChI=1S/C30H39BrN3O11P/c1-17(2)12-21(32-29(38)44-30(4,5)6)27(36)43-22-13-24(34-14-19(10-11-31)26(35)33-28(34)37)42-23(22)16-41-46(39)40-15-20-9-7-8-18(3)25(20)45-46/h7-11,14,17,21-24H,12-13,15-16H2,1-6H3,(H,32,38)(H,33,35,37)/b11-10+/t21-,22-,23+,24+,46?/m0/s1. The maximum Gasteiger partial charge on any atom is 0.530 e. The molecule has 0 bridgehead atoms. The van der Waals surface area contributed by atoms with Gasteiger partial charge in [0.15, 0.2) is 0 Å². The summed E-state index contributed by atoms with van der Waals surface area (Å²) in [6.45, 7) is 10.2. The van der Waals surface area contributed by atoms with Gasteiger partial charge in [-0.2, -0.15) is 0 Å². The molecule has 14 nitrogen and oxygen atoms in total. The van der Waals surface area contributed by atoms with Crippen molar-refractivity contribution in [1.82, 2.24) is 14.9 Å². The number of nitrogens with zero attached hydrogens (tertiary/aromatic N) is 1. The summed E-state index contributed by atoms with van der Waals surface area (Å²) in [5, 5.41) is 2.58. The number of para-hydroxylation sites is 1. The second-order valence-electron chi connectivity index (χ2n) is 12.4. The number of carbonyl (C=O) groups is 2. The van der Waals surface area contributed by atoms with Crippen LogP contribution in [0.3, 0.4) is 0 Å². The van der Waals surface area contributed by atoms with Gasteiger partial charge in [-0.25, -0.2) is 18.9 Å². The third-order valence-electron chi connectivity index (χ3n) is 6.95. The van der Waals surface area contributed by atoms with Crippen LogP contribution < -0.4 is 21.1 Å². The van der Waals surface area contributed by atoms with Crippen molar-refractivity contribution < 1.29 is 41.9 Å². The predicted molar refractivity (Wildman–Crippen MR) is 170 cm³/mol. The van der Waals surface area contributed by atoms with Crippen LogP contribution in [0.25, 0.3) is 6.08 Å². The summed E-state index contributed by atoms with van der Waals surface area (Å²) in [4.78, 5) is 54.8. The number of esters is 1. The molecule has 0 radical (unpaired) electrons. The second-order valence-corrected chi connectivity index (χ2v) is 14.5. The van der Waals surface area contributed by atoms with Gasteiger partial charge >= 0.3 is 25.6 Å². The molecule has 2 aliphatic rings. The maximum atomic E-state index is 13.5. The first kappa shape index (κ1) is 35.6. The first-order chi connectivity index (χ1) is 21.6. The fourth-order valence-electron chi connectivity index (χ4n) is 4.89. The Balaban J connectivity index is 1.58.